The van der Waals surface area contributed by atoms with E-state index in [1.165, 1.54) is 0 Å². The molecule has 1 aliphatic heterocycles. The van der Waals surface area contributed by atoms with Gasteiger partial charge in [0.05, 0.1) is 6.61 Å². The van der Waals surface area contributed by atoms with Crippen LogP contribution < -0.4 is 0 Å². The van der Waals surface area contributed by atoms with E-state index in [1.807, 2.05) is 0 Å². The van der Waals surface area contributed by atoms with Crippen molar-refractivity contribution in [2.75, 3.05) is 6.61 Å². The van der Waals surface area contributed by atoms with Crippen molar-refractivity contribution in [1.82, 2.24) is 0 Å². The number of alkyl halides is 3. The Morgan fingerprint density at radius 2 is 1.70 bits per heavy atom. The van der Waals surface area contributed by atoms with Crippen LogP contribution in [-0.2, 0) is 19.0 Å². The van der Waals surface area contributed by atoms with Crippen LogP contribution in [0.15, 0.2) is 0 Å². The Labute approximate surface area is 109 Å². The maximum absolute atomic E-state index is 12.1. The average Bonchev–Trinajstić information content (AvgIpc) is 2.29. The Kier molecular flexibility index (Phi) is 4.68. The van der Waals surface area contributed by atoms with Crippen LogP contribution in [0.5, 0.6) is 0 Å². The molecule has 13 heteroatoms. The maximum Gasteiger partial charge on any atom is 0.523 e. The molecular formula is C7H11F3O9S. The summed E-state index contributed by atoms with van der Waals surface area (Å²) in [5.41, 5.74) is -5.93. The second kappa shape index (κ2) is 5.34. The maximum atomic E-state index is 12.1. The van der Waals surface area contributed by atoms with Gasteiger partial charge in [0.15, 0.2) is 6.10 Å². The lowest BCUT2D eigenvalue weighted by Crippen LogP contribution is -2.67. The van der Waals surface area contributed by atoms with Crippen molar-refractivity contribution >= 4 is 10.1 Å². The van der Waals surface area contributed by atoms with E-state index >= 15 is 0 Å². The van der Waals surface area contributed by atoms with Crippen LogP contribution in [0.2, 0.25) is 0 Å². The van der Waals surface area contributed by atoms with E-state index in [0.29, 0.717) is 0 Å². The molecule has 1 unspecified atom stereocenters. The zero-order chi connectivity index (χ0) is 15.9. The zero-order valence-corrected chi connectivity index (χ0v) is 10.2. The Hall–Kier alpha value is -0.540. The van der Waals surface area contributed by atoms with Crippen LogP contribution in [-0.4, -0.2) is 76.5 Å². The molecule has 0 amide bonds. The van der Waals surface area contributed by atoms with Crippen molar-refractivity contribution in [1.29, 1.82) is 0 Å². The fourth-order valence-electron chi connectivity index (χ4n) is 1.40. The number of hydrogen-bond acceptors (Lipinski definition) is 9. The van der Waals surface area contributed by atoms with Gasteiger partial charge < -0.3 is 30.3 Å². The smallest absolute Gasteiger partial charge is 0.394 e. The first kappa shape index (κ1) is 17.5. The van der Waals surface area contributed by atoms with Crippen LogP contribution in [0.4, 0.5) is 13.2 Å². The molecule has 0 radical (unpaired) electrons. The third-order valence-electron chi connectivity index (χ3n) is 2.44. The topological polar surface area (TPSA) is 154 Å². The molecular weight excluding hydrogens is 317 g/mol. The molecule has 1 aliphatic rings. The number of halogens is 3. The summed E-state index contributed by atoms with van der Waals surface area (Å²) in [5.74, 6) is -3.82. The molecule has 0 aromatic carbocycles. The highest BCUT2D eigenvalue weighted by Gasteiger charge is 2.60. The van der Waals surface area contributed by atoms with Crippen molar-refractivity contribution in [3.05, 3.63) is 0 Å². The summed E-state index contributed by atoms with van der Waals surface area (Å²) in [6.45, 7) is -1.11. The molecule has 120 valence electrons. The summed E-state index contributed by atoms with van der Waals surface area (Å²) in [6.07, 6.45) is -8.94. The number of aliphatic hydroxyl groups is 5. The number of hydrogen-bond donors (Lipinski definition) is 5. The lowest BCUT2D eigenvalue weighted by molar-refractivity contribution is -0.422. The zero-order valence-electron chi connectivity index (χ0n) is 9.43. The van der Waals surface area contributed by atoms with Gasteiger partial charge in [0, 0.05) is 0 Å². The number of ether oxygens (including phenoxy) is 1. The molecule has 1 fully saturated rings. The first-order valence-corrected chi connectivity index (χ1v) is 6.33. The van der Waals surface area contributed by atoms with Crippen molar-refractivity contribution < 1.29 is 56.0 Å². The minimum atomic E-state index is -6.37. The quantitative estimate of drug-likeness (QED) is 0.207. The fraction of sp³-hybridized carbons (Fsp3) is 1.00. The van der Waals surface area contributed by atoms with Crippen LogP contribution in [0, 0.1) is 0 Å². The van der Waals surface area contributed by atoms with E-state index in [4.69, 9.17) is 5.11 Å². The molecule has 1 rings (SSSR count). The highest BCUT2D eigenvalue weighted by molar-refractivity contribution is 7.87. The van der Waals surface area contributed by atoms with Crippen molar-refractivity contribution in [3.63, 3.8) is 0 Å². The van der Waals surface area contributed by atoms with Crippen LogP contribution in [0.25, 0.3) is 0 Å². The van der Waals surface area contributed by atoms with Crippen molar-refractivity contribution in [3.8, 4) is 0 Å². The van der Waals surface area contributed by atoms with Crippen LogP contribution >= 0.6 is 0 Å². The van der Waals surface area contributed by atoms with Gasteiger partial charge in [-0.05, 0) is 0 Å². The molecule has 0 spiro atoms. The summed E-state index contributed by atoms with van der Waals surface area (Å²) in [7, 11) is -6.37. The molecule has 0 bridgehead atoms. The van der Waals surface area contributed by atoms with Crippen molar-refractivity contribution in [2.24, 2.45) is 0 Å². The lowest BCUT2D eigenvalue weighted by atomic mass is 9.98. The lowest BCUT2D eigenvalue weighted by Gasteiger charge is -2.43. The molecule has 1 heterocycles. The van der Waals surface area contributed by atoms with Gasteiger partial charge >= 0.3 is 21.6 Å². The average molecular weight is 328 g/mol. The van der Waals surface area contributed by atoms with E-state index in [1.54, 1.807) is 0 Å². The van der Waals surface area contributed by atoms with Gasteiger partial charge in [-0.25, -0.2) is 0 Å². The van der Waals surface area contributed by atoms with Crippen LogP contribution in [0.1, 0.15) is 0 Å². The first-order valence-electron chi connectivity index (χ1n) is 4.93. The first-order chi connectivity index (χ1) is 8.85. The predicted octanol–water partition coefficient (Wildman–Crippen LogP) is -3.03. The summed E-state index contributed by atoms with van der Waals surface area (Å²) in [6, 6.07) is 0. The van der Waals surface area contributed by atoms with Gasteiger partial charge in [-0.3, -0.25) is 0 Å². The van der Waals surface area contributed by atoms with E-state index in [2.05, 4.69) is 8.92 Å². The van der Waals surface area contributed by atoms with Gasteiger partial charge in [0.1, 0.15) is 18.3 Å². The summed E-state index contributed by atoms with van der Waals surface area (Å²) < 4.78 is 65.4. The second-order valence-corrected chi connectivity index (χ2v) is 5.42. The molecule has 5 N–H and O–H groups in total. The third-order valence-corrected chi connectivity index (χ3v) is 3.47. The highest BCUT2D eigenvalue weighted by Crippen LogP contribution is 2.34. The van der Waals surface area contributed by atoms with E-state index in [0.717, 1.165) is 0 Å². The van der Waals surface area contributed by atoms with Gasteiger partial charge in [-0.15, -0.1) is 0 Å². The van der Waals surface area contributed by atoms with Crippen molar-refractivity contribution in [2.45, 2.75) is 35.9 Å². The summed E-state index contributed by atoms with van der Waals surface area (Å²) in [5, 5.41) is 46.0. The molecule has 20 heavy (non-hydrogen) atoms. The number of aliphatic hydroxyl groups excluding tert-OH is 4. The molecule has 0 saturated carbocycles. The van der Waals surface area contributed by atoms with E-state index < -0.39 is 52.6 Å². The molecule has 0 aliphatic carbocycles. The monoisotopic (exact) mass is 328 g/mol. The van der Waals surface area contributed by atoms with Crippen LogP contribution in [0.3, 0.4) is 0 Å². The minimum Gasteiger partial charge on any atom is -0.394 e. The molecule has 9 nitrogen and oxygen atoms in total. The predicted molar refractivity (Wildman–Crippen MR) is 51.0 cm³/mol. The van der Waals surface area contributed by atoms with Gasteiger partial charge in [0.25, 0.3) is 0 Å². The Morgan fingerprint density at radius 1 is 1.20 bits per heavy atom. The van der Waals surface area contributed by atoms with Gasteiger partial charge in [-0.1, -0.05) is 0 Å². The molecule has 0 aromatic heterocycles. The Morgan fingerprint density at radius 3 is 2.10 bits per heavy atom. The highest BCUT2D eigenvalue weighted by atomic mass is 32.2. The Bertz CT molecular complexity index is 449. The second-order valence-electron chi connectivity index (χ2n) is 3.88. The number of rotatable bonds is 3. The van der Waals surface area contributed by atoms with Gasteiger partial charge in [0.2, 0.25) is 0 Å². The SMILES string of the molecule is O=S(=O)(OC1(O)O[C@H](CO)[C@@H](O)[C@H](O)[C@H]1O)C(F)(F)F. The Balaban J connectivity index is 3.08. The van der Waals surface area contributed by atoms with E-state index in [9.17, 15) is 42.0 Å². The summed E-state index contributed by atoms with van der Waals surface area (Å²) >= 11 is 0. The van der Waals surface area contributed by atoms with E-state index in [-0.39, 0.29) is 0 Å². The standard InChI is InChI=1S/C7H11F3O9S/c8-7(9,10)20(16,17)19-6(15)5(14)4(13)3(12)2(1-11)18-6/h2-5,11-15H,1H2/t2-,3-,4+,5-,6?/m1/s1. The molecule has 1 saturated heterocycles. The minimum absolute atomic E-state index is 1.11. The molecule has 0 aromatic rings. The normalized spacial score (nSPS) is 39.8. The fourth-order valence-corrected chi connectivity index (χ4v) is 1.94. The largest absolute Gasteiger partial charge is 0.523 e. The molecule has 5 atom stereocenters. The summed E-state index contributed by atoms with van der Waals surface area (Å²) in [4.78, 5) is 0. The third kappa shape index (κ3) is 3.04. The van der Waals surface area contributed by atoms with Gasteiger partial charge in [-0.2, -0.15) is 25.8 Å².